The summed E-state index contributed by atoms with van der Waals surface area (Å²) in [7, 11) is 1.86. The van der Waals surface area contributed by atoms with Crippen molar-refractivity contribution in [3.8, 4) is 0 Å². The molecule has 5 nitrogen and oxygen atoms in total. The fourth-order valence-electron chi connectivity index (χ4n) is 1.19. The molecule has 0 fully saturated rings. The van der Waals surface area contributed by atoms with Gasteiger partial charge in [-0.1, -0.05) is 0 Å². The number of rotatable bonds is 3. The zero-order valence-electron chi connectivity index (χ0n) is 7.82. The van der Waals surface area contributed by atoms with E-state index in [-0.39, 0.29) is 12.5 Å². The molecule has 1 aromatic rings. The molecular weight excluding hydrogens is 168 g/mol. The lowest BCUT2D eigenvalue weighted by atomic mass is 10.1. The molecule has 0 saturated heterocycles. The predicted molar refractivity (Wildman–Crippen MR) is 48.7 cm³/mol. The molecule has 0 aliphatic rings. The van der Waals surface area contributed by atoms with Gasteiger partial charge in [-0.2, -0.15) is 0 Å². The summed E-state index contributed by atoms with van der Waals surface area (Å²) in [4.78, 5) is 14.7. The van der Waals surface area contributed by atoms with E-state index in [2.05, 4.69) is 4.98 Å². The normalized spacial score (nSPS) is 12.8. The van der Waals surface area contributed by atoms with Gasteiger partial charge in [-0.15, -0.1) is 0 Å². The molecular formula is C8H14N4O. The lowest BCUT2D eigenvalue weighted by Gasteiger charge is -2.10. The number of imidazole rings is 1. The van der Waals surface area contributed by atoms with Crippen LogP contribution < -0.4 is 11.5 Å². The number of aryl methyl sites for hydroxylation is 1. The van der Waals surface area contributed by atoms with Crippen LogP contribution in [0.5, 0.6) is 0 Å². The van der Waals surface area contributed by atoms with Crippen molar-refractivity contribution < 1.29 is 4.79 Å². The average Bonchev–Trinajstić information content (AvgIpc) is 2.31. The quantitative estimate of drug-likeness (QED) is 0.667. The molecule has 0 spiro atoms. The average molecular weight is 182 g/mol. The molecule has 1 atom stereocenters. The van der Waals surface area contributed by atoms with Crippen LogP contribution in [0.15, 0.2) is 6.20 Å². The van der Waals surface area contributed by atoms with Gasteiger partial charge in [0.15, 0.2) is 0 Å². The Balaban J connectivity index is 2.82. The second-order valence-corrected chi connectivity index (χ2v) is 3.07. The summed E-state index contributed by atoms with van der Waals surface area (Å²) < 4.78 is 1.85. The molecule has 72 valence electrons. The Bertz CT molecular complexity index is 318. The first-order valence-corrected chi connectivity index (χ1v) is 4.04. The van der Waals surface area contributed by atoms with E-state index in [1.54, 1.807) is 6.20 Å². The number of nitrogens with two attached hydrogens (primary N) is 2. The van der Waals surface area contributed by atoms with Gasteiger partial charge in [-0.3, -0.25) is 4.79 Å². The lowest BCUT2D eigenvalue weighted by Crippen LogP contribution is -2.22. The number of hydrogen-bond acceptors (Lipinski definition) is 3. The van der Waals surface area contributed by atoms with E-state index in [4.69, 9.17) is 11.5 Å². The maximum atomic E-state index is 10.6. The number of nitrogens with zero attached hydrogens (tertiary/aromatic N) is 2. The molecule has 0 aliphatic heterocycles. The molecule has 1 heterocycles. The van der Waals surface area contributed by atoms with Crippen LogP contribution in [0.3, 0.4) is 0 Å². The predicted octanol–water partition coefficient (Wildman–Crippen LogP) is -0.396. The summed E-state index contributed by atoms with van der Waals surface area (Å²) in [6, 6.07) is -0.358. The third-order valence-corrected chi connectivity index (χ3v) is 2.06. The van der Waals surface area contributed by atoms with E-state index < -0.39 is 5.91 Å². The van der Waals surface area contributed by atoms with Gasteiger partial charge in [0.2, 0.25) is 5.91 Å². The molecule has 5 heteroatoms. The Kier molecular flexibility index (Phi) is 2.67. The van der Waals surface area contributed by atoms with Gasteiger partial charge in [0, 0.05) is 13.5 Å². The summed E-state index contributed by atoms with van der Waals surface area (Å²) in [6.07, 6.45) is 1.82. The van der Waals surface area contributed by atoms with Gasteiger partial charge in [0.25, 0.3) is 0 Å². The molecule has 1 amide bonds. The van der Waals surface area contributed by atoms with Gasteiger partial charge in [0.05, 0.1) is 17.9 Å². The van der Waals surface area contributed by atoms with E-state index in [1.807, 2.05) is 18.5 Å². The van der Waals surface area contributed by atoms with Crippen molar-refractivity contribution in [3.63, 3.8) is 0 Å². The first kappa shape index (κ1) is 9.73. The van der Waals surface area contributed by atoms with Crippen LogP contribution in [-0.2, 0) is 11.8 Å². The van der Waals surface area contributed by atoms with Crippen LogP contribution in [-0.4, -0.2) is 15.5 Å². The molecule has 0 unspecified atom stereocenters. The van der Waals surface area contributed by atoms with Crippen molar-refractivity contribution in [2.45, 2.75) is 19.4 Å². The number of carbonyl (C=O) groups excluding carboxylic acids is 1. The molecule has 13 heavy (non-hydrogen) atoms. The first-order chi connectivity index (χ1) is 6.02. The van der Waals surface area contributed by atoms with Crippen LogP contribution in [0.25, 0.3) is 0 Å². The second kappa shape index (κ2) is 3.57. The van der Waals surface area contributed by atoms with Gasteiger partial charge >= 0.3 is 0 Å². The van der Waals surface area contributed by atoms with Gasteiger partial charge < -0.3 is 16.0 Å². The highest BCUT2D eigenvalue weighted by atomic mass is 16.1. The molecule has 0 radical (unpaired) electrons. The van der Waals surface area contributed by atoms with Crippen LogP contribution in [0.2, 0.25) is 0 Å². The Morgan fingerprint density at radius 1 is 1.77 bits per heavy atom. The Labute approximate surface area is 76.7 Å². The number of carbonyl (C=O) groups is 1. The van der Waals surface area contributed by atoms with Gasteiger partial charge in [-0.05, 0) is 6.92 Å². The van der Waals surface area contributed by atoms with Crippen LogP contribution in [0, 0.1) is 6.92 Å². The van der Waals surface area contributed by atoms with E-state index in [0.717, 1.165) is 11.5 Å². The van der Waals surface area contributed by atoms with Crippen LogP contribution >= 0.6 is 0 Å². The summed E-state index contributed by atoms with van der Waals surface area (Å²) >= 11 is 0. The van der Waals surface area contributed by atoms with Crippen molar-refractivity contribution in [3.05, 3.63) is 17.7 Å². The highest BCUT2D eigenvalue weighted by Crippen LogP contribution is 2.13. The standard InChI is InChI=1S/C8H14N4O/c1-5-11-4-7(12(5)2)6(9)3-8(10)13/h4,6H,3,9H2,1-2H3,(H2,10,13)/t6-/m0/s1. The number of aromatic nitrogens is 2. The van der Waals surface area contributed by atoms with Crippen molar-refractivity contribution >= 4 is 5.91 Å². The van der Waals surface area contributed by atoms with E-state index in [1.165, 1.54) is 0 Å². The van der Waals surface area contributed by atoms with E-state index in [9.17, 15) is 4.79 Å². The van der Waals surface area contributed by atoms with Gasteiger partial charge in [-0.25, -0.2) is 4.98 Å². The van der Waals surface area contributed by atoms with Crippen LogP contribution in [0.1, 0.15) is 24.0 Å². The third kappa shape index (κ3) is 2.06. The minimum atomic E-state index is -0.397. The minimum Gasteiger partial charge on any atom is -0.370 e. The number of primary amides is 1. The number of hydrogen-bond donors (Lipinski definition) is 2. The third-order valence-electron chi connectivity index (χ3n) is 2.06. The van der Waals surface area contributed by atoms with Crippen molar-refractivity contribution in [1.29, 1.82) is 0 Å². The minimum absolute atomic E-state index is 0.152. The summed E-state index contributed by atoms with van der Waals surface area (Å²) in [5, 5.41) is 0. The molecule has 4 N–H and O–H groups in total. The zero-order chi connectivity index (χ0) is 10.0. The van der Waals surface area contributed by atoms with Crippen LogP contribution in [0.4, 0.5) is 0 Å². The fourth-order valence-corrected chi connectivity index (χ4v) is 1.19. The maximum absolute atomic E-state index is 10.6. The molecule has 1 aromatic heterocycles. The zero-order valence-corrected chi connectivity index (χ0v) is 7.82. The summed E-state index contributed by atoms with van der Waals surface area (Å²) in [5.74, 6) is 0.473. The topological polar surface area (TPSA) is 86.9 Å². The maximum Gasteiger partial charge on any atom is 0.219 e. The van der Waals surface area contributed by atoms with E-state index >= 15 is 0 Å². The Hall–Kier alpha value is -1.36. The second-order valence-electron chi connectivity index (χ2n) is 3.07. The molecule has 0 bridgehead atoms. The monoisotopic (exact) mass is 182 g/mol. The van der Waals surface area contributed by atoms with E-state index in [0.29, 0.717) is 0 Å². The highest BCUT2D eigenvalue weighted by molar-refractivity contribution is 5.74. The SMILES string of the molecule is Cc1ncc([C@@H](N)CC(N)=O)n1C. The largest absolute Gasteiger partial charge is 0.370 e. The molecule has 0 aromatic carbocycles. The Morgan fingerprint density at radius 3 is 2.77 bits per heavy atom. The highest BCUT2D eigenvalue weighted by Gasteiger charge is 2.13. The van der Waals surface area contributed by atoms with Gasteiger partial charge in [0.1, 0.15) is 5.82 Å². The fraction of sp³-hybridized carbons (Fsp3) is 0.500. The number of amides is 1. The Morgan fingerprint density at radius 2 is 2.38 bits per heavy atom. The molecule has 0 saturated carbocycles. The smallest absolute Gasteiger partial charge is 0.219 e. The lowest BCUT2D eigenvalue weighted by molar-refractivity contribution is -0.118. The summed E-state index contributed by atoms with van der Waals surface area (Å²) in [5.41, 5.74) is 11.6. The van der Waals surface area contributed by atoms with Crippen molar-refractivity contribution in [2.24, 2.45) is 18.5 Å². The van der Waals surface area contributed by atoms with Crippen molar-refractivity contribution in [1.82, 2.24) is 9.55 Å². The molecule has 0 aliphatic carbocycles. The summed E-state index contributed by atoms with van der Waals surface area (Å²) in [6.45, 7) is 1.88. The first-order valence-electron chi connectivity index (χ1n) is 4.04. The van der Waals surface area contributed by atoms with Crippen molar-refractivity contribution in [2.75, 3.05) is 0 Å². The molecule has 1 rings (SSSR count).